The van der Waals surface area contributed by atoms with Crippen LogP contribution in [0.4, 0.5) is 19.3 Å². The molecule has 174 valence electrons. The fourth-order valence-electron chi connectivity index (χ4n) is 4.24. The minimum absolute atomic E-state index is 0.0751. The van der Waals surface area contributed by atoms with Gasteiger partial charge in [-0.1, -0.05) is 18.2 Å². The summed E-state index contributed by atoms with van der Waals surface area (Å²) in [6.07, 6.45) is 0.218. The Labute approximate surface area is 189 Å². The van der Waals surface area contributed by atoms with E-state index in [9.17, 15) is 31.6 Å². The molecule has 0 saturated carbocycles. The van der Waals surface area contributed by atoms with Crippen LogP contribution < -0.4 is 10.2 Å². The van der Waals surface area contributed by atoms with E-state index in [-0.39, 0.29) is 23.5 Å². The summed E-state index contributed by atoms with van der Waals surface area (Å²) >= 11 is 0. The van der Waals surface area contributed by atoms with Gasteiger partial charge in [-0.15, -0.1) is 0 Å². The zero-order chi connectivity index (χ0) is 24.0. The highest BCUT2D eigenvalue weighted by molar-refractivity contribution is 7.91. The smallest absolute Gasteiger partial charge is 0.319 e. The number of hydrogen-bond acceptors (Lipinski definition) is 5. The number of amides is 4. The summed E-state index contributed by atoms with van der Waals surface area (Å²) in [5.74, 6) is -3.58. The summed E-state index contributed by atoms with van der Waals surface area (Å²) in [6, 6.07) is 9.30. The van der Waals surface area contributed by atoms with Gasteiger partial charge in [0.2, 0.25) is 5.91 Å². The number of carbonyl (C=O) groups is 3. The Morgan fingerprint density at radius 3 is 2.52 bits per heavy atom. The number of rotatable bonds is 5. The van der Waals surface area contributed by atoms with Crippen LogP contribution in [-0.4, -0.2) is 55.3 Å². The molecule has 2 aromatic rings. The van der Waals surface area contributed by atoms with E-state index in [1.165, 1.54) is 11.8 Å². The fourth-order valence-corrected chi connectivity index (χ4v) is 5.94. The Balaban J connectivity index is 1.63. The van der Waals surface area contributed by atoms with Crippen molar-refractivity contribution in [3.05, 3.63) is 65.7 Å². The molecule has 2 aliphatic rings. The molecule has 33 heavy (non-hydrogen) atoms. The standard InChI is InChI=1S/C22H21F2N3O5S/c1-22(17-11-14(23)7-8-18(17)24)20(29)26(21(30)25-22)12-19(28)27(15-5-3-2-4-6-15)16-9-10-33(31,32)13-16/h2-8,11,16H,9-10,12-13H2,1H3,(H,25,30)/t16-,22+/m1/s1. The minimum Gasteiger partial charge on any atom is -0.319 e. The van der Waals surface area contributed by atoms with Crippen LogP contribution in [0.25, 0.3) is 0 Å². The third-order valence-electron chi connectivity index (χ3n) is 5.91. The molecule has 11 heteroatoms. The molecule has 2 aliphatic heterocycles. The van der Waals surface area contributed by atoms with Crippen LogP contribution in [0.2, 0.25) is 0 Å². The highest BCUT2D eigenvalue weighted by Crippen LogP contribution is 2.32. The summed E-state index contributed by atoms with van der Waals surface area (Å²) in [7, 11) is -3.33. The molecule has 4 rings (SSSR count). The van der Waals surface area contributed by atoms with Crippen LogP contribution in [0.3, 0.4) is 0 Å². The maximum Gasteiger partial charge on any atom is 0.325 e. The van der Waals surface area contributed by atoms with E-state index < -0.39 is 57.4 Å². The number of hydrogen-bond donors (Lipinski definition) is 1. The number of imide groups is 1. The second-order valence-electron chi connectivity index (χ2n) is 8.23. The van der Waals surface area contributed by atoms with Crippen molar-refractivity contribution in [1.29, 1.82) is 0 Å². The third-order valence-corrected chi connectivity index (χ3v) is 7.66. The lowest BCUT2D eigenvalue weighted by Gasteiger charge is -2.30. The Bertz CT molecular complexity index is 1240. The summed E-state index contributed by atoms with van der Waals surface area (Å²) in [4.78, 5) is 40.9. The van der Waals surface area contributed by atoms with Gasteiger partial charge in [0.25, 0.3) is 5.91 Å². The number of sulfone groups is 1. The maximum atomic E-state index is 14.4. The lowest BCUT2D eigenvalue weighted by Crippen LogP contribution is -2.48. The molecule has 0 unspecified atom stereocenters. The minimum atomic E-state index is -3.33. The van der Waals surface area contributed by atoms with Gasteiger partial charge in [0.15, 0.2) is 9.84 Å². The van der Waals surface area contributed by atoms with Gasteiger partial charge in [0, 0.05) is 11.3 Å². The van der Waals surface area contributed by atoms with E-state index in [1.807, 2.05) is 0 Å². The molecule has 0 bridgehead atoms. The van der Waals surface area contributed by atoms with Gasteiger partial charge in [0.05, 0.1) is 17.5 Å². The number of benzene rings is 2. The van der Waals surface area contributed by atoms with E-state index in [2.05, 4.69) is 5.32 Å². The van der Waals surface area contributed by atoms with Crippen molar-refractivity contribution < 1.29 is 31.6 Å². The van der Waals surface area contributed by atoms with Crippen LogP contribution in [0.5, 0.6) is 0 Å². The van der Waals surface area contributed by atoms with Crippen molar-refractivity contribution in [3.8, 4) is 0 Å². The predicted molar refractivity (Wildman–Crippen MR) is 115 cm³/mol. The molecule has 4 amide bonds. The Hall–Kier alpha value is -3.34. The Morgan fingerprint density at radius 2 is 1.88 bits per heavy atom. The highest BCUT2D eigenvalue weighted by Gasteiger charge is 2.51. The number of carbonyl (C=O) groups excluding carboxylic acids is 3. The molecule has 1 N–H and O–H groups in total. The summed E-state index contributed by atoms with van der Waals surface area (Å²) in [5, 5.41) is 2.35. The first kappa shape index (κ1) is 22.8. The van der Waals surface area contributed by atoms with Gasteiger partial charge >= 0.3 is 6.03 Å². The van der Waals surface area contributed by atoms with Crippen molar-refractivity contribution >= 4 is 33.4 Å². The van der Waals surface area contributed by atoms with E-state index in [1.54, 1.807) is 30.3 Å². The average Bonchev–Trinajstić information content (AvgIpc) is 3.22. The number of urea groups is 1. The summed E-state index contributed by atoms with van der Waals surface area (Å²) < 4.78 is 52.1. The highest BCUT2D eigenvalue weighted by atomic mass is 32.2. The molecule has 8 nitrogen and oxygen atoms in total. The molecule has 0 spiro atoms. The number of halogens is 2. The zero-order valence-corrected chi connectivity index (χ0v) is 18.4. The van der Waals surface area contributed by atoms with Crippen LogP contribution in [0.1, 0.15) is 18.9 Å². The quantitative estimate of drug-likeness (QED) is 0.663. The molecule has 0 aromatic heterocycles. The lowest BCUT2D eigenvalue weighted by atomic mass is 9.91. The largest absolute Gasteiger partial charge is 0.325 e. The first-order chi connectivity index (χ1) is 15.5. The molecule has 2 atom stereocenters. The van der Waals surface area contributed by atoms with Gasteiger partial charge in [-0.25, -0.2) is 22.0 Å². The molecule has 2 aromatic carbocycles. The van der Waals surface area contributed by atoms with Crippen molar-refractivity contribution in [3.63, 3.8) is 0 Å². The van der Waals surface area contributed by atoms with E-state index in [0.29, 0.717) is 10.6 Å². The molecular formula is C22H21F2N3O5S. The predicted octanol–water partition coefficient (Wildman–Crippen LogP) is 1.95. The summed E-state index contributed by atoms with van der Waals surface area (Å²) in [6.45, 7) is 0.538. The van der Waals surface area contributed by atoms with Crippen molar-refractivity contribution in [2.45, 2.75) is 24.9 Å². The second-order valence-corrected chi connectivity index (χ2v) is 10.5. The van der Waals surface area contributed by atoms with E-state index in [4.69, 9.17) is 0 Å². The number of anilines is 1. The van der Waals surface area contributed by atoms with Gasteiger partial charge in [0.1, 0.15) is 23.7 Å². The molecule has 2 saturated heterocycles. The van der Waals surface area contributed by atoms with Gasteiger partial charge < -0.3 is 10.2 Å². The number of nitrogens with zero attached hydrogens (tertiary/aromatic N) is 2. The third kappa shape index (κ3) is 4.20. The SMILES string of the molecule is C[C@@]1(c2cc(F)ccc2F)NC(=O)N(CC(=O)N(c2ccccc2)[C@@H]2CCS(=O)(=O)C2)C1=O. The molecular weight excluding hydrogens is 456 g/mol. The van der Waals surface area contributed by atoms with Crippen molar-refractivity contribution in [2.24, 2.45) is 0 Å². The second kappa shape index (κ2) is 8.22. The van der Waals surface area contributed by atoms with Crippen molar-refractivity contribution in [1.82, 2.24) is 10.2 Å². The van der Waals surface area contributed by atoms with Gasteiger partial charge in [-0.3, -0.25) is 14.5 Å². The lowest BCUT2D eigenvalue weighted by molar-refractivity contribution is -0.134. The Morgan fingerprint density at radius 1 is 1.18 bits per heavy atom. The molecule has 2 heterocycles. The molecule has 2 fully saturated rings. The van der Waals surface area contributed by atoms with Crippen LogP contribution >= 0.6 is 0 Å². The van der Waals surface area contributed by atoms with Gasteiger partial charge in [-0.05, 0) is 43.7 Å². The van der Waals surface area contributed by atoms with Crippen molar-refractivity contribution in [2.75, 3.05) is 23.0 Å². The van der Waals surface area contributed by atoms with E-state index in [0.717, 1.165) is 18.2 Å². The first-order valence-corrected chi connectivity index (χ1v) is 12.0. The first-order valence-electron chi connectivity index (χ1n) is 10.2. The van der Waals surface area contributed by atoms with E-state index >= 15 is 0 Å². The van der Waals surface area contributed by atoms with Crippen LogP contribution in [0.15, 0.2) is 48.5 Å². The Kier molecular flexibility index (Phi) is 5.69. The van der Waals surface area contributed by atoms with Crippen LogP contribution in [0, 0.1) is 11.6 Å². The zero-order valence-electron chi connectivity index (χ0n) is 17.6. The topological polar surface area (TPSA) is 104 Å². The number of para-hydroxylation sites is 1. The average molecular weight is 477 g/mol. The molecule has 0 aliphatic carbocycles. The fraction of sp³-hybridized carbons (Fsp3) is 0.318. The number of nitrogens with one attached hydrogen (secondary N) is 1. The maximum absolute atomic E-state index is 14.4. The normalized spacial score (nSPS) is 24.1. The summed E-state index contributed by atoms with van der Waals surface area (Å²) in [5.41, 5.74) is -1.84. The van der Waals surface area contributed by atoms with Crippen LogP contribution in [-0.2, 0) is 25.0 Å². The van der Waals surface area contributed by atoms with Gasteiger partial charge in [-0.2, -0.15) is 0 Å². The monoisotopic (exact) mass is 477 g/mol. The molecule has 0 radical (unpaired) electrons.